The van der Waals surface area contributed by atoms with Crippen LogP contribution >= 0.6 is 0 Å². The molecule has 0 atom stereocenters. The first-order valence-electron chi connectivity index (χ1n) is 17.5. The first kappa shape index (κ1) is 51.3. The van der Waals surface area contributed by atoms with E-state index in [1.165, 1.54) is 26.0 Å². The quantitative estimate of drug-likeness (QED) is 0.0137. The van der Waals surface area contributed by atoms with E-state index in [0.29, 0.717) is 56.1 Å². The number of esters is 2. The van der Waals surface area contributed by atoms with Crippen LogP contribution in [0.25, 0.3) is 0 Å². The fourth-order valence-corrected chi connectivity index (χ4v) is 3.80. The number of benzene rings is 1. The molecule has 54 heavy (non-hydrogen) atoms. The number of rotatable bonds is 27. The van der Waals surface area contributed by atoms with Crippen LogP contribution in [0.2, 0.25) is 0 Å². The van der Waals surface area contributed by atoms with Crippen LogP contribution in [-0.2, 0) is 43.0 Å². The summed E-state index contributed by atoms with van der Waals surface area (Å²) in [5.41, 5.74) is -1.12. The topological polar surface area (TPSA) is 269 Å². The Hall–Kier alpha value is -4.84. The summed E-state index contributed by atoms with van der Waals surface area (Å²) in [7, 11) is 0. The average Bonchev–Trinajstić information content (AvgIpc) is 3.14. The Kier molecular flexibility index (Phi) is 31.1. The van der Waals surface area contributed by atoms with Gasteiger partial charge in [-0.1, -0.05) is 19.4 Å². The Balaban J connectivity index is 0. The van der Waals surface area contributed by atoms with Gasteiger partial charge in [-0.15, -0.1) is 0 Å². The molecular weight excluding hydrogens is 712 g/mol. The molecular formula is C37H56N2O15. The number of carbonyl (C=O) groups excluding carboxylic acids is 8. The van der Waals surface area contributed by atoms with Crippen LogP contribution < -0.4 is 15.4 Å². The van der Waals surface area contributed by atoms with E-state index in [1.807, 2.05) is 0 Å². The van der Waals surface area contributed by atoms with Crippen molar-refractivity contribution in [3.8, 4) is 5.75 Å². The Morgan fingerprint density at radius 1 is 0.722 bits per heavy atom. The van der Waals surface area contributed by atoms with Crippen LogP contribution in [0.4, 0.5) is 0 Å². The lowest BCUT2D eigenvalue weighted by molar-refractivity contribution is -0.147. The molecule has 17 nitrogen and oxygen atoms in total. The third-order valence-electron chi connectivity index (χ3n) is 6.57. The van der Waals surface area contributed by atoms with Crippen LogP contribution in [-0.4, -0.2) is 126 Å². The highest BCUT2D eigenvalue weighted by molar-refractivity contribution is 6.37. The van der Waals surface area contributed by atoms with Gasteiger partial charge in [-0.25, -0.2) is 4.79 Å². The summed E-state index contributed by atoms with van der Waals surface area (Å²) in [4.78, 5) is 89.0. The molecule has 0 unspecified atom stereocenters. The number of unbranched alkanes of at least 4 members (excludes halogenated alkanes) is 4. The minimum atomic E-state index is -1.47. The van der Waals surface area contributed by atoms with Crippen LogP contribution in [0.15, 0.2) is 36.9 Å². The molecule has 0 radical (unpaired) electrons. The summed E-state index contributed by atoms with van der Waals surface area (Å²) in [6, 6.07) is 6.16. The minimum Gasteiger partial charge on any atom is -0.490 e. The predicted octanol–water partition coefficient (Wildman–Crippen LogP) is 0.712. The van der Waals surface area contributed by atoms with Crippen LogP contribution in [0, 0.1) is 0 Å². The van der Waals surface area contributed by atoms with E-state index in [-0.39, 0.29) is 70.7 Å². The highest BCUT2D eigenvalue weighted by Crippen LogP contribution is 2.17. The highest BCUT2D eigenvalue weighted by atomic mass is 16.6. The number of hydrogen-bond donors (Lipinski definition) is 6. The molecule has 1 aromatic carbocycles. The molecule has 2 amide bonds. The van der Waals surface area contributed by atoms with Gasteiger partial charge in [-0.05, 0) is 63.8 Å². The minimum absolute atomic E-state index is 0.0465. The van der Waals surface area contributed by atoms with Crippen LogP contribution in [0.5, 0.6) is 5.75 Å². The fourth-order valence-electron chi connectivity index (χ4n) is 3.80. The van der Waals surface area contributed by atoms with Crippen LogP contribution in [0.3, 0.4) is 0 Å². The second-order valence-electron chi connectivity index (χ2n) is 11.7. The van der Waals surface area contributed by atoms with Gasteiger partial charge in [0, 0.05) is 50.8 Å². The average molecular weight is 769 g/mol. The van der Waals surface area contributed by atoms with Gasteiger partial charge in [-0.3, -0.25) is 28.8 Å². The number of aldehydes is 1. The lowest BCUT2D eigenvalue weighted by atomic mass is 9.97. The van der Waals surface area contributed by atoms with E-state index in [1.54, 1.807) is 12.1 Å². The third kappa shape index (κ3) is 29.7. The second kappa shape index (κ2) is 32.8. The summed E-state index contributed by atoms with van der Waals surface area (Å²) in [5, 5.41) is 39.7. The third-order valence-corrected chi connectivity index (χ3v) is 6.57. The number of ketones is 3. The fraction of sp³-hybridized carbons (Fsp3) is 0.568. The molecule has 1 rings (SSSR count). The molecule has 0 spiro atoms. The van der Waals surface area contributed by atoms with Crippen molar-refractivity contribution in [2.24, 2.45) is 0 Å². The van der Waals surface area contributed by atoms with Crippen molar-refractivity contribution in [3.05, 3.63) is 42.5 Å². The first-order chi connectivity index (χ1) is 25.7. The predicted molar refractivity (Wildman–Crippen MR) is 194 cm³/mol. The molecule has 0 aromatic heterocycles. The zero-order valence-corrected chi connectivity index (χ0v) is 31.2. The maximum atomic E-state index is 11.9. The SMILES string of the molecule is C=CC(=O)OCCO.CC(C)(O)C(=O)c1ccc(OCCOC(=O)CC(=O)NCCNC(=O)CC=O)cc1.O=C(CCCCCO)C(=O)CCCCCO. The summed E-state index contributed by atoms with van der Waals surface area (Å²) in [5.74, 6) is -2.78. The van der Waals surface area contributed by atoms with Crippen molar-refractivity contribution in [1.82, 2.24) is 10.6 Å². The van der Waals surface area contributed by atoms with Gasteiger partial charge in [0.25, 0.3) is 0 Å². The van der Waals surface area contributed by atoms with Gasteiger partial charge in [0.05, 0.1) is 13.0 Å². The molecule has 304 valence electrons. The largest absolute Gasteiger partial charge is 0.490 e. The molecule has 0 saturated carbocycles. The first-order valence-corrected chi connectivity index (χ1v) is 17.5. The number of Topliss-reactive ketones (excluding diaryl/α,β-unsaturated/α-hetero) is 3. The Labute approximate surface area is 315 Å². The molecule has 6 N–H and O–H groups in total. The molecule has 0 fully saturated rings. The second-order valence-corrected chi connectivity index (χ2v) is 11.7. The summed E-state index contributed by atoms with van der Waals surface area (Å²) < 4.78 is 14.6. The van der Waals surface area contributed by atoms with Crippen LogP contribution in [0.1, 0.15) is 88.4 Å². The molecule has 0 aliphatic carbocycles. The molecule has 0 aliphatic heterocycles. The standard InChI is InChI=1S/C20H26N2O8.C12H22O4.C5H8O3/c1-20(2,28)19(27)14-3-5-15(6-4-14)29-11-12-30-18(26)13-17(25)22-9-8-21-16(24)7-10-23;13-9-5-1-3-7-11(15)12(16)8-4-2-6-10-14;1-2-5(7)8-4-3-6/h3-6,10,28H,7-9,11-13H2,1-2H3,(H,21,24)(H,22,25);13-14H,1-10H2;2,6H,1,3-4H2. The van der Waals surface area contributed by atoms with E-state index in [4.69, 9.17) is 24.8 Å². The number of hydrogen-bond acceptors (Lipinski definition) is 15. The van der Waals surface area contributed by atoms with Gasteiger partial charge in [-0.2, -0.15) is 0 Å². The molecule has 0 heterocycles. The maximum Gasteiger partial charge on any atom is 0.330 e. The lowest BCUT2D eigenvalue weighted by Crippen LogP contribution is -2.35. The Morgan fingerprint density at radius 2 is 1.26 bits per heavy atom. The van der Waals surface area contributed by atoms with E-state index in [2.05, 4.69) is 21.9 Å². The molecule has 0 saturated heterocycles. The van der Waals surface area contributed by atoms with Crippen molar-refractivity contribution in [1.29, 1.82) is 0 Å². The van der Waals surface area contributed by atoms with Gasteiger partial charge < -0.3 is 50.1 Å². The van der Waals surface area contributed by atoms with Gasteiger partial charge >= 0.3 is 11.9 Å². The van der Waals surface area contributed by atoms with E-state index >= 15 is 0 Å². The van der Waals surface area contributed by atoms with E-state index in [9.17, 15) is 43.5 Å². The monoisotopic (exact) mass is 768 g/mol. The Bertz CT molecular complexity index is 1270. The number of aliphatic hydroxyl groups is 4. The zero-order valence-electron chi connectivity index (χ0n) is 31.2. The van der Waals surface area contributed by atoms with Crippen molar-refractivity contribution >= 4 is 47.4 Å². The highest BCUT2D eigenvalue weighted by Gasteiger charge is 2.25. The number of aliphatic hydroxyl groups excluding tert-OH is 3. The van der Waals surface area contributed by atoms with Crippen molar-refractivity contribution in [2.75, 3.05) is 52.7 Å². The summed E-state index contributed by atoms with van der Waals surface area (Å²) in [6.07, 6.45) is 5.75. The summed E-state index contributed by atoms with van der Waals surface area (Å²) in [6.45, 7) is 6.40. The zero-order chi connectivity index (χ0) is 41.2. The Morgan fingerprint density at radius 3 is 1.72 bits per heavy atom. The number of amides is 2. The smallest absolute Gasteiger partial charge is 0.330 e. The van der Waals surface area contributed by atoms with Gasteiger partial charge in [0.2, 0.25) is 11.8 Å². The number of carbonyl (C=O) groups is 8. The lowest BCUT2D eigenvalue weighted by Gasteiger charge is -2.15. The number of nitrogens with one attached hydrogen (secondary N) is 2. The van der Waals surface area contributed by atoms with Crippen molar-refractivity contribution in [2.45, 2.75) is 83.7 Å². The molecule has 0 bridgehead atoms. The molecule has 17 heteroatoms. The molecule has 0 aliphatic rings. The number of ether oxygens (including phenoxy) is 3. The van der Waals surface area contributed by atoms with Gasteiger partial charge in [0.15, 0.2) is 17.3 Å². The van der Waals surface area contributed by atoms with E-state index in [0.717, 1.165) is 18.9 Å². The molecule has 1 aromatic rings. The van der Waals surface area contributed by atoms with Crippen molar-refractivity contribution < 1.29 is 73.0 Å². The normalized spacial score (nSPS) is 10.2. The van der Waals surface area contributed by atoms with Gasteiger partial charge in [0.1, 0.15) is 43.9 Å². The van der Waals surface area contributed by atoms with Crippen molar-refractivity contribution in [3.63, 3.8) is 0 Å². The van der Waals surface area contributed by atoms with E-state index < -0.39 is 41.6 Å². The summed E-state index contributed by atoms with van der Waals surface area (Å²) >= 11 is 0. The maximum absolute atomic E-state index is 11.9.